The van der Waals surface area contributed by atoms with Gasteiger partial charge in [0.05, 0.1) is 13.3 Å². The number of carbonyl (C=O) groups excluding carboxylic acids is 1. The molecule has 98 valence electrons. The molecule has 0 atom stereocenters. The highest BCUT2D eigenvalue weighted by atomic mass is 16.7. The van der Waals surface area contributed by atoms with Crippen molar-refractivity contribution >= 4 is 5.91 Å². The van der Waals surface area contributed by atoms with Crippen molar-refractivity contribution in [2.24, 2.45) is 0 Å². The Morgan fingerprint density at radius 2 is 1.95 bits per heavy atom. The van der Waals surface area contributed by atoms with Crippen LogP contribution in [0.1, 0.15) is 10.4 Å². The summed E-state index contributed by atoms with van der Waals surface area (Å²) in [5.74, 6) is 0.364. The zero-order valence-corrected chi connectivity index (χ0v) is 10.6. The van der Waals surface area contributed by atoms with Gasteiger partial charge in [0.25, 0.3) is 11.8 Å². The number of rotatable bonds is 4. The van der Waals surface area contributed by atoms with Crippen molar-refractivity contribution in [1.29, 1.82) is 0 Å². The van der Waals surface area contributed by atoms with Crippen LogP contribution in [0.5, 0.6) is 11.6 Å². The number of benzene rings is 1. The summed E-state index contributed by atoms with van der Waals surface area (Å²) in [6.45, 7) is 0. The zero-order valence-electron chi connectivity index (χ0n) is 10.6. The first-order chi connectivity index (χ1) is 9.22. The summed E-state index contributed by atoms with van der Waals surface area (Å²) in [7, 11) is 2.92. The number of hydrogen-bond donors (Lipinski definition) is 0. The highest BCUT2D eigenvalue weighted by Crippen LogP contribution is 2.22. The molecular formula is C13H13N3O3. The van der Waals surface area contributed by atoms with Crippen LogP contribution < -0.4 is 4.74 Å². The van der Waals surface area contributed by atoms with E-state index in [4.69, 9.17) is 9.57 Å². The SMILES string of the molecule is CON(C)C(=O)c1ccnnc1Oc1ccccc1. The van der Waals surface area contributed by atoms with Gasteiger partial charge in [-0.15, -0.1) is 5.10 Å². The smallest absolute Gasteiger partial charge is 0.282 e. The van der Waals surface area contributed by atoms with E-state index >= 15 is 0 Å². The monoisotopic (exact) mass is 259 g/mol. The number of hydrogen-bond acceptors (Lipinski definition) is 5. The predicted molar refractivity (Wildman–Crippen MR) is 67.7 cm³/mol. The molecule has 1 heterocycles. The Labute approximate surface area is 110 Å². The average Bonchev–Trinajstić information content (AvgIpc) is 2.47. The van der Waals surface area contributed by atoms with Crippen molar-refractivity contribution in [2.45, 2.75) is 0 Å². The van der Waals surface area contributed by atoms with Crippen LogP contribution in [0.2, 0.25) is 0 Å². The summed E-state index contributed by atoms with van der Waals surface area (Å²) < 4.78 is 5.55. The minimum atomic E-state index is -0.358. The van der Waals surface area contributed by atoms with Gasteiger partial charge in [0.1, 0.15) is 11.3 Å². The van der Waals surface area contributed by atoms with Crippen molar-refractivity contribution in [3.63, 3.8) is 0 Å². The van der Waals surface area contributed by atoms with Crippen molar-refractivity contribution in [3.05, 3.63) is 48.2 Å². The first-order valence-corrected chi connectivity index (χ1v) is 5.59. The number of hydroxylamine groups is 2. The van der Waals surface area contributed by atoms with Crippen molar-refractivity contribution < 1.29 is 14.4 Å². The quantitative estimate of drug-likeness (QED) is 0.785. The van der Waals surface area contributed by atoms with Gasteiger partial charge in [0.15, 0.2) is 0 Å². The molecule has 1 aromatic heterocycles. The molecule has 0 unspecified atom stereocenters. The van der Waals surface area contributed by atoms with E-state index in [1.807, 2.05) is 18.2 Å². The third-order valence-corrected chi connectivity index (χ3v) is 2.43. The number of amides is 1. The molecule has 0 fully saturated rings. The van der Waals surface area contributed by atoms with E-state index in [1.54, 1.807) is 12.1 Å². The predicted octanol–water partition coefficient (Wildman–Crippen LogP) is 1.90. The van der Waals surface area contributed by atoms with Gasteiger partial charge in [-0.1, -0.05) is 18.2 Å². The molecule has 0 aliphatic heterocycles. The fraction of sp³-hybridized carbons (Fsp3) is 0.154. The Hall–Kier alpha value is -2.47. The molecule has 0 spiro atoms. The maximum absolute atomic E-state index is 12.0. The summed E-state index contributed by atoms with van der Waals surface area (Å²) in [4.78, 5) is 16.9. The van der Waals surface area contributed by atoms with Crippen molar-refractivity contribution in [1.82, 2.24) is 15.3 Å². The van der Waals surface area contributed by atoms with Crippen LogP contribution >= 0.6 is 0 Å². The molecule has 0 bridgehead atoms. The van der Waals surface area contributed by atoms with E-state index in [9.17, 15) is 4.79 Å². The van der Waals surface area contributed by atoms with Gasteiger partial charge in [0, 0.05) is 7.05 Å². The fourth-order valence-corrected chi connectivity index (χ4v) is 1.41. The number of para-hydroxylation sites is 1. The van der Waals surface area contributed by atoms with Crippen LogP contribution in [0.3, 0.4) is 0 Å². The Morgan fingerprint density at radius 3 is 2.63 bits per heavy atom. The standard InChI is InChI=1S/C13H13N3O3/c1-16(18-2)13(17)11-8-9-14-15-12(11)19-10-6-4-3-5-7-10/h3-9H,1-2H3. The second kappa shape index (κ2) is 5.92. The molecule has 19 heavy (non-hydrogen) atoms. The molecule has 0 aliphatic rings. The molecule has 0 aliphatic carbocycles. The van der Waals surface area contributed by atoms with E-state index in [-0.39, 0.29) is 17.4 Å². The van der Waals surface area contributed by atoms with Crippen LogP contribution in [0.25, 0.3) is 0 Å². The molecule has 2 aromatic rings. The molecule has 1 aromatic carbocycles. The van der Waals surface area contributed by atoms with Crippen LogP contribution in [-0.4, -0.2) is 35.3 Å². The molecular weight excluding hydrogens is 246 g/mol. The minimum Gasteiger partial charge on any atom is -0.437 e. The number of ether oxygens (including phenoxy) is 1. The number of aromatic nitrogens is 2. The topological polar surface area (TPSA) is 64.5 Å². The third-order valence-electron chi connectivity index (χ3n) is 2.43. The van der Waals surface area contributed by atoms with E-state index in [0.717, 1.165) is 5.06 Å². The van der Waals surface area contributed by atoms with Gasteiger partial charge in [-0.05, 0) is 18.2 Å². The summed E-state index contributed by atoms with van der Waals surface area (Å²) in [6, 6.07) is 10.6. The molecule has 6 nitrogen and oxygen atoms in total. The van der Waals surface area contributed by atoms with Crippen molar-refractivity contribution in [3.8, 4) is 11.6 Å². The van der Waals surface area contributed by atoms with Gasteiger partial charge < -0.3 is 4.74 Å². The Morgan fingerprint density at radius 1 is 1.21 bits per heavy atom. The first kappa shape index (κ1) is 13.0. The average molecular weight is 259 g/mol. The highest BCUT2D eigenvalue weighted by molar-refractivity contribution is 5.95. The summed E-state index contributed by atoms with van der Waals surface area (Å²) in [5, 5.41) is 8.65. The van der Waals surface area contributed by atoms with E-state index in [1.165, 1.54) is 26.4 Å². The third kappa shape index (κ3) is 3.05. The van der Waals surface area contributed by atoms with Gasteiger partial charge in [-0.3, -0.25) is 9.63 Å². The zero-order chi connectivity index (χ0) is 13.7. The molecule has 0 saturated carbocycles. The molecule has 0 saturated heterocycles. The van der Waals surface area contributed by atoms with Gasteiger partial charge in [0.2, 0.25) is 0 Å². The van der Waals surface area contributed by atoms with Crippen LogP contribution in [-0.2, 0) is 4.84 Å². The second-order valence-corrected chi connectivity index (χ2v) is 3.65. The second-order valence-electron chi connectivity index (χ2n) is 3.65. The van der Waals surface area contributed by atoms with Gasteiger partial charge in [-0.25, -0.2) is 5.06 Å². The molecule has 2 rings (SSSR count). The maximum atomic E-state index is 12.0. The molecule has 1 amide bonds. The summed E-state index contributed by atoms with van der Waals surface area (Å²) in [5.41, 5.74) is 0.281. The number of nitrogens with zero attached hydrogens (tertiary/aromatic N) is 3. The minimum absolute atomic E-state index is 0.141. The summed E-state index contributed by atoms with van der Waals surface area (Å²) in [6.07, 6.45) is 1.43. The first-order valence-electron chi connectivity index (χ1n) is 5.59. The molecule has 6 heteroatoms. The maximum Gasteiger partial charge on any atom is 0.282 e. The lowest BCUT2D eigenvalue weighted by atomic mass is 10.2. The van der Waals surface area contributed by atoms with E-state index in [2.05, 4.69) is 10.2 Å². The highest BCUT2D eigenvalue weighted by Gasteiger charge is 2.18. The normalized spacial score (nSPS) is 10.0. The van der Waals surface area contributed by atoms with Crippen LogP contribution in [0.4, 0.5) is 0 Å². The van der Waals surface area contributed by atoms with Crippen LogP contribution in [0, 0.1) is 0 Å². The van der Waals surface area contributed by atoms with Crippen molar-refractivity contribution in [2.75, 3.05) is 14.2 Å². The lowest BCUT2D eigenvalue weighted by Gasteiger charge is -2.15. The van der Waals surface area contributed by atoms with E-state index < -0.39 is 0 Å². The lowest BCUT2D eigenvalue weighted by Crippen LogP contribution is -2.26. The number of carbonyl (C=O) groups is 1. The molecule has 0 radical (unpaired) electrons. The Kier molecular flexibility index (Phi) is 4.04. The van der Waals surface area contributed by atoms with E-state index in [0.29, 0.717) is 5.75 Å². The van der Waals surface area contributed by atoms with Gasteiger partial charge in [-0.2, -0.15) is 5.10 Å². The largest absolute Gasteiger partial charge is 0.437 e. The van der Waals surface area contributed by atoms with Crippen LogP contribution in [0.15, 0.2) is 42.6 Å². The summed E-state index contributed by atoms with van der Waals surface area (Å²) >= 11 is 0. The molecule has 0 N–H and O–H groups in total. The Balaban J connectivity index is 2.29. The lowest BCUT2D eigenvalue weighted by molar-refractivity contribution is -0.0758. The van der Waals surface area contributed by atoms with Gasteiger partial charge >= 0.3 is 0 Å². The Bertz CT molecular complexity index is 560. The fourth-order valence-electron chi connectivity index (χ4n) is 1.41.